The molecule has 0 radical (unpaired) electrons. The number of esters is 1. The first-order valence-corrected chi connectivity index (χ1v) is 10.3. The molecule has 26 heavy (non-hydrogen) atoms. The highest BCUT2D eigenvalue weighted by atomic mass is 16.5. The summed E-state index contributed by atoms with van der Waals surface area (Å²) < 4.78 is 5.82. The second-order valence-electron chi connectivity index (χ2n) is 9.02. The number of hydrogen-bond acceptors (Lipinski definition) is 3. The van der Waals surface area contributed by atoms with E-state index < -0.39 is 0 Å². The van der Waals surface area contributed by atoms with E-state index in [9.17, 15) is 9.59 Å². The molecule has 0 aromatic carbocycles. The fourth-order valence-electron chi connectivity index (χ4n) is 7.20. The number of allylic oxidation sites excluding steroid dienone is 1. The second-order valence-corrected chi connectivity index (χ2v) is 9.02. The van der Waals surface area contributed by atoms with Gasteiger partial charge in [-0.2, -0.15) is 0 Å². The van der Waals surface area contributed by atoms with Crippen molar-refractivity contribution in [3.8, 4) is 12.3 Å². The Morgan fingerprint density at radius 2 is 2.04 bits per heavy atom. The van der Waals surface area contributed by atoms with Gasteiger partial charge in [-0.25, -0.2) is 0 Å². The lowest BCUT2D eigenvalue weighted by Crippen LogP contribution is -2.52. The highest BCUT2D eigenvalue weighted by Crippen LogP contribution is 2.64. The van der Waals surface area contributed by atoms with Crippen LogP contribution in [0.15, 0.2) is 11.6 Å². The number of ether oxygens (including phenoxy) is 1. The Morgan fingerprint density at radius 3 is 2.77 bits per heavy atom. The van der Waals surface area contributed by atoms with E-state index in [1.54, 1.807) is 0 Å². The third-order valence-corrected chi connectivity index (χ3v) is 8.18. The molecule has 0 aliphatic heterocycles. The molecule has 3 fully saturated rings. The Labute approximate surface area is 156 Å². The standard InChI is InChI=1S/C23H30O3/c1-4-14(2)23-12-11-19-18-8-6-17(25)13-16(18)5-7-20(19)21(23)9-10-22(23)26-15(3)24/h1,13-14,18-22H,5-12H2,2-3H3/t14?,18-,19+,20+,21-,22-,23+/m0/s1. The van der Waals surface area contributed by atoms with Gasteiger partial charge in [0, 0.05) is 24.7 Å². The first-order chi connectivity index (χ1) is 12.5. The van der Waals surface area contributed by atoms with E-state index in [0.717, 1.165) is 44.9 Å². The highest BCUT2D eigenvalue weighted by Gasteiger charge is 2.61. The molecule has 4 aliphatic rings. The molecule has 1 unspecified atom stereocenters. The van der Waals surface area contributed by atoms with Crippen LogP contribution >= 0.6 is 0 Å². The van der Waals surface area contributed by atoms with Crippen LogP contribution in [0.5, 0.6) is 0 Å². The minimum atomic E-state index is -0.180. The lowest BCUT2D eigenvalue weighted by atomic mass is 9.49. The normalized spacial score (nSPS) is 42.6. The molecule has 140 valence electrons. The maximum atomic E-state index is 11.8. The number of terminal acetylenes is 1. The molecule has 0 aromatic rings. The number of carbonyl (C=O) groups is 2. The van der Waals surface area contributed by atoms with Gasteiger partial charge in [-0.3, -0.25) is 9.59 Å². The van der Waals surface area contributed by atoms with Gasteiger partial charge in [0.15, 0.2) is 5.78 Å². The Hall–Kier alpha value is -1.56. The minimum absolute atomic E-state index is 0.0260. The summed E-state index contributed by atoms with van der Waals surface area (Å²) in [6, 6.07) is 0. The molecule has 0 bridgehead atoms. The Kier molecular flexibility index (Phi) is 4.49. The lowest BCUT2D eigenvalue weighted by molar-refractivity contribution is -0.160. The number of fused-ring (bicyclic) bond motifs is 5. The van der Waals surface area contributed by atoms with Crippen LogP contribution in [0.3, 0.4) is 0 Å². The van der Waals surface area contributed by atoms with E-state index in [-0.39, 0.29) is 23.4 Å². The van der Waals surface area contributed by atoms with E-state index >= 15 is 0 Å². The third kappa shape index (κ3) is 2.56. The molecule has 3 saturated carbocycles. The molecule has 3 nitrogen and oxygen atoms in total. The highest BCUT2D eigenvalue weighted by molar-refractivity contribution is 5.91. The van der Waals surface area contributed by atoms with Gasteiger partial charge in [0.2, 0.25) is 0 Å². The summed E-state index contributed by atoms with van der Waals surface area (Å²) in [7, 11) is 0. The van der Waals surface area contributed by atoms with Crippen molar-refractivity contribution in [2.24, 2.45) is 35.0 Å². The fourth-order valence-corrected chi connectivity index (χ4v) is 7.20. The number of carbonyl (C=O) groups excluding carboxylic acids is 2. The predicted molar refractivity (Wildman–Crippen MR) is 100.0 cm³/mol. The Bertz CT molecular complexity index is 684. The van der Waals surface area contributed by atoms with Crippen LogP contribution in [0, 0.1) is 47.3 Å². The van der Waals surface area contributed by atoms with Gasteiger partial charge in [-0.1, -0.05) is 12.5 Å². The van der Waals surface area contributed by atoms with Gasteiger partial charge in [-0.05, 0) is 74.7 Å². The molecule has 0 spiro atoms. The van der Waals surface area contributed by atoms with Crippen molar-refractivity contribution in [2.45, 2.75) is 71.3 Å². The van der Waals surface area contributed by atoms with E-state index in [1.165, 1.54) is 12.5 Å². The van der Waals surface area contributed by atoms with Crippen molar-refractivity contribution in [3.63, 3.8) is 0 Å². The molecule has 0 aromatic heterocycles. The summed E-state index contributed by atoms with van der Waals surface area (Å²) in [5, 5.41) is 0. The van der Waals surface area contributed by atoms with Gasteiger partial charge < -0.3 is 4.74 Å². The van der Waals surface area contributed by atoms with Crippen molar-refractivity contribution in [2.75, 3.05) is 0 Å². The summed E-state index contributed by atoms with van der Waals surface area (Å²) in [6.45, 7) is 3.67. The van der Waals surface area contributed by atoms with Gasteiger partial charge >= 0.3 is 5.97 Å². The molecule has 0 N–H and O–H groups in total. The fraction of sp³-hybridized carbons (Fsp3) is 0.739. The second kappa shape index (κ2) is 6.55. The molecule has 7 atom stereocenters. The number of hydrogen-bond donors (Lipinski definition) is 0. The van der Waals surface area contributed by atoms with E-state index in [1.807, 2.05) is 6.08 Å². The molecule has 4 rings (SSSR count). The van der Waals surface area contributed by atoms with Gasteiger partial charge in [-0.15, -0.1) is 12.3 Å². The van der Waals surface area contributed by atoms with Gasteiger partial charge in [0.25, 0.3) is 0 Å². The predicted octanol–water partition coefficient (Wildman–Crippen LogP) is 4.31. The minimum Gasteiger partial charge on any atom is -0.462 e. The zero-order valence-electron chi connectivity index (χ0n) is 16.0. The number of ketones is 1. The molecule has 0 saturated heterocycles. The molecular formula is C23H30O3. The molecule has 0 heterocycles. The van der Waals surface area contributed by atoms with Crippen LogP contribution in [0.1, 0.15) is 65.2 Å². The maximum Gasteiger partial charge on any atom is 0.302 e. The largest absolute Gasteiger partial charge is 0.462 e. The van der Waals surface area contributed by atoms with Crippen molar-refractivity contribution in [3.05, 3.63) is 11.6 Å². The van der Waals surface area contributed by atoms with Gasteiger partial charge in [0.05, 0.1) is 0 Å². The number of rotatable bonds is 2. The summed E-state index contributed by atoms with van der Waals surface area (Å²) in [5.74, 6) is 5.77. The zero-order valence-corrected chi connectivity index (χ0v) is 16.0. The quantitative estimate of drug-likeness (QED) is 0.548. The van der Waals surface area contributed by atoms with Crippen molar-refractivity contribution in [1.82, 2.24) is 0 Å². The van der Waals surface area contributed by atoms with Crippen molar-refractivity contribution >= 4 is 11.8 Å². The third-order valence-electron chi connectivity index (χ3n) is 8.18. The van der Waals surface area contributed by atoms with Crippen LogP contribution in [0.4, 0.5) is 0 Å². The van der Waals surface area contributed by atoms with Crippen LogP contribution in [0.25, 0.3) is 0 Å². The monoisotopic (exact) mass is 354 g/mol. The van der Waals surface area contributed by atoms with E-state index in [0.29, 0.717) is 35.9 Å². The molecular weight excluding hydrogens is 324 g/mol. The van der Waals surface area contributed by atoms with Crippen LogP contribution in [0.2, 0.25) is 0 Å². The summed E-state index contributed by atoms with van der Waals surface area (Å²) in [6.07, 6.45) is 16.1. The SMILES string of the molecule is C#CC(C)[C@]12CC[C@H]3[C@@H](CCC4=CC(=O)CC[C@@H]43)[C@@H]1CC[C@@H]2OC(C)=O. The van der Waals surface area contributed by atoms with Crippen LogP contribution in [-0.2, 0) is 14.3 Å². The molecule has 4 aliphatic carbocycles. The Balaban J connectivity index is 1.66. The van der Waals surface area contributed by atoms with E-state index in [2.05, 4.69) is 12.8 Å². The topological polar surface area (TPSA) is 43.4 Å². The maximum absolute atomic E-state index is 11.8. The zero-order chi connectivity index (χ0) is 18.5. The Morgan fingerprint density at radius 1 is 1.23 bits per heavy atom. The lowest BCUT2D eigenvalue weighted by Gasteiger charge is -2.55. The van der Waals surface area contributed by atoms with Crippen molar-refractivity contribution < 1.29 is 14.3 Å². The summed E-state index contributed by atoms with van der Waals surface area (Å²) >= 11 is 0. The average molecular weight is 354 g/mol. The van der Waals surface area contributed by atoms with Gasteiger partial charge in [0.1, 0.15) is 6.10 Å². The summed E-state index contributed by atoms with van der Waals surface area (Å²) in [4.78, 5) is 23.6. The summed E-state index contributed by atoms with van der Waals surface area (Å²) in [5.41, 5.74) is 1.36. The van der Waals surface area contributed by atoms with Crippen LogP contribution < -0.4 is 0 Å². The first-order valence-electron chi connectivity index (χ1n) is 10.3. The smallest absolute Gasteiger partial charge is 0.302 e. The first kappa shape index (κ1) is 17.8. The van der Waals surface area contributed by atoms with Crippen LogP contribution in [-0.4, -0.2) is 17.9 Å². The average Bonchev–Trinajstić information content (AvgIpc) is 2.99. The van der Waals surface area contributed by atoms with Crippen molar-refractivity contribution in [1.29, 1.82) is 0 Å². The molecule has 0 amide bonds. The molecule has 3 heteroatoms. The van der Waals surface area contributed by atoms with E-state index in [4.69, 9.17) is 11.2 Å².